The van der Waals surface area contributed by atoms with Gasteiger partial charge in [-0.15, -0.1) is 0 Å². The zero-order valence-corrected chi connectivity index (χ0v) is 19.0. The Morgan fingerprint density at radius 1 is 1.06 bits per heavy atom. The van der Waals surface area contributed by atoms with E-state index in [1.165, 1.54) is 12.8 Å². The largest absolute Gasteiger partial charge is 0.494 e. The van der Waals surface area contributed by atoms with Gasteiger partial charge in [0.25, 0.3) is 0 Å². The molecule has 0 aliphatic heterocycles. The highest BCUT2D eigenvalue weighted by Gasteiger charge is 2.29. The van der Waals surface area contributed by atoms with Crippen molar-refractivity contribution < 1.29 is 22.7 Å². The summed E-state index contributed by atoms with van der Waals surface area (Å²) in [6.45, 7) is 3.94. The van der Waals surface area contributed by atoms with Crippen LogP contribution in [-0.2, 0) is 14.8 Å². The first-order valence-corrected chi connectivity index (χ1v) is 12.4. The van der Waals surface area contributed by atoms with Crippen LogP contribution < -0.4 is 19.1 Å². The van der Waals surface area contributed by atoms with E-state index in [1.807, 2.05) is 19.1 Å². The molecule has 0 aromatic heterocycles. The Morgan fingerprint density at radius 2 is 1.65 bits per heavy atom. The number of anilines is 2. The van der Waals surface area contributed by atoms with Crippen molar-refractivity contribution in [3.8, 4) is 11.5 Å². The zero-order valence-electron chi connectivity index (χ0n) is 18.2. The van der Waals surface area contributed by atoms with Gasteiger partial charge in [0.2, 0.25) is 15.9 Å². The first-order chi connectivity index (χ1) is 14.8. The lowest BCUT2D eigenvalue weighted by Gasteiger charge is -2.28. The Hall–Kier alpha value is -2.74. The van der Waals surface area contributed by atoms with Crippen molar-refractivity contribution in [2.24, 2.45) is 0 Å². The molecule has 2 aromatic carbocycles. The van der Waals surface area contributed by atoms with Crippen LogP contribution in [0.15, 0.2) is 48.5 Å². The first-order valence-electron chi connectivity index (χ1n) is 10.6. The van der Waals surface area contributed by atoms with Crippen LogP contribution in [-0.4, -0.2) is 39.3 Å². The molecule has 1 aliphatic rings. The van der Waals surface area contributed by atoms with Gasteiger partial charge in [-0.3, -0.25) is 9.10 Å². The Balaban J connectivity index is 1.69. The lowest BCUT2D eigenvalue weighted by atomic mass is 10.2. The van der Waals surface area contributed by atoms with Crippen LogP contribution in [0.2, 0.25) is 0 Å². The predicted molar refractivity (Wildman–Crippen MR) is 122 cm³/mol. The molecule has 0 heterocycles. The van der Waals surface area contributed by atoms with Crippen LogP contribution in [0.1, 0.15) is 39.5 Å². The van der Waals surface area contributed by atoms with Gasteiger partial charge >= 0.3 is 0 Å². The highest BCUT2D eigenvalue weighted by Crippen LogP contribution is 2.26. The van der Waals surface area contributed by atoms with Gasteiger partial charge in [-0.05, 0) is 88.1 Å². The molecule has 0 saturated heterocycles. The molecule has 3 rings (SSSR count). The van der Waals surface area contributed by atoms with Crippen molar-refractivity contribution in [2.75, 3.05) is 22.5 Å². The minimum atomic E-state index is -3.69. The summed E-state index contributed by atoms with van der Waals surface area (Å²) in [5.74, 6) is 0.977. The second-order valence-electron chi connectivity index (χ2n) is 7.70. The minimum Gasteiger partial charge on any atom is -0.494 e. The fraction of sp³-hybridized carbons (Fsp3) is 0.435. The standard InChI is InChI=1S/C23H30N2O5S/c1-4-29-20-15-11-19(12-16-20)25(31(3,27)28)17(2)23(26)24-18-9-13-22(14-10-18)30-21-7-5-6-8-21/h9-17,21H,4-8H2,1-3H3,(H,24,26). The van der Waals surface area contributed by atoms with E-state index < -0.39 is 22.0 Å². The van der Waals surface area contributed by atoms with E-state index in [4.69, 9.17) is 9.47 Å². The molecule has 1 N–H and O–H groups in total. The topological polar surface area (TPSA) is 84.9 Å². The number of rotatable bonds is 9. The number of ether oxygens (including phenoxy) is 2. The molecule has 0 spiro atoms. The summed E-state index contributed by atoms with van der Waals surface area (Å²) in [6.07, 6.45) is 5.88. The van der Waals surface area contributed by atoms with Gasteiger partial charge in [0.05, 0.1) is 24.7 Å². The van der Waals surface area contributed by atoms with E-state index in [2.05, 4.69) is 5.32 Å². The fourth-order valence-corrected chi connectivity index (χ4v) is 4.90. The van der Waals surface area contributed by atoms with Crippen LogP contribution in [0.3, 0.4) is 0 Å². The molecule has 1 fully saturated rings. The van der Waals surface area contributed by atoms with Gasteiger partial charge in [0.1, 0.15) is 17.5 Å². The Kier molecular flexibility index (Phi) is 7.43. The van der Waals surface area contributed by atoms with Crippen molar-refractivity contribution in [3.05, 3.63) is 48.5 Å². The molecule has 31 heavy (non-hydrogen) atoms. The maximum atomic E-state index is 12.8. The van der Waals surface area contributed by atoms with Gasteiger partial charge in [-0.25, -0.2) is 8.42 Å². The van der Waals surface area contributed by atoms with Crippen LogP contribution in [0, 0.1) is 0 Å². The third kappa shape index (κ3) is 6.13. The maximum absolute atomic E-state index is 12.8. The molecule has 0 bridgehead atoms. The Labute approximate surface area is 184 Å². The number of hydrogen-bond acceptors (Lipinski definition) is 5. The van der Waals surface area contributed by atoms with Gasteiger partial charge in [-0.2, -0.15) is 0 Å². The molecule has 1 amide bonds. The molecule has 168 valence electrons. The number of carbonyl (C=O) groups excluding carboxylic acids is 1. The third-order valence-corrected chi connectivity index (χ3v) is 6.46. The second kappa shape index (κ2) is 10.0. The van der Waals surface area contributed by atoms with Crippen molar-refractivity contribution in [1.82, 2.24) is 0 Å². The Morgan fingerprint density at radius 3 is 2.19 bits per heavy atom. The summed E-state index contributed by atoms with van der Waals surface area (Å²) in [5, 5.41) is 2.79. The zero-order chi connectivity index (χ0) is 22.4. The van der Waals surface area contributed by atoms with E-state index in [9.17, 15) is 13.2 Å². The molecular weight excluding hydrogens is 416 g/mol. The second-order valence-corrected chi connectivity index (χ2v) is 9.56. The fourth-order valence-electron chi connectivity index (χ4n) is 3.73. The number of hydrogen-bond donors (Lipinski definition) is 1. The highest BCUT2D eigenvalue weighted by atomic mass is 32.2. The molecule has 1 unspecified atom stereocenters. The summed E-state index contributed by atoms with van der Waals surface area (Å²) in [4.78, 5) is 12.8. The van der Waals surface area contributed by atoms with Gasteiger partial charge in [0, 0.05) is 5.69 Å². The van der Waals surface area contributed by atoms with Crippen LogP contribution >= 0.6 is 0 Å². The van der Waals surface area contributed by atoms with Crippen molar-refractivity contribution in [3.63, 3.8) is 0 Å². The number of sulfonamides is 1. The number of benzene rings is 2. The minimum absolute atomic E-state index is 0.262. The van der Waals surface area contributed by atoms with Gasteiger partial charge in [-0.1, -0.05) is 0 Å². The average molecular weight is 447 g/mol. The molecule has 0 radical (unpaired) electrons. The van der Waals surface area contributed by atoms with E-state index in [0.29, 0.717) is 23.7 Å². The lowest BCUT2D eigenvalue weighted by molar-refractivity contribution is -0.116. The van der Waals surface area contributed by atoms with E-state index >= 15 is 0 Å². The summed E-state index contributed by atoms with van der Waals surface area (Å²) in [6, 6.07) is 12.8. The molecule has 2 aromatic rings. The molecule has 7 nitrogen and oxygen atoms in total. The maximum Gasteiger partial charge on any atom is 0.247 e. The van der Waals surface area contributed by atoms with Gasteiger partial charge < -0.3 is 14.8 Å². The third-order valence-electron chi connectivity index (χ3n) is 5.22. The molecule has 1 atom stereocenters. The molecular formula is C23H30N2O5S. The molecule has 8 heteroatoms. The number of nitrogens with one attached hydrogen (secondary N) is 1. The molecule has 1 aliphatic carbocycles. The summed E-state index contributed by atoms with van der Waals surface area (Å²) < 4.78 is 37.4. The Bertz CT molecular complexity index is 968. The molecule has 1 saturated carbocycles. The predicted octanol–water partition coefficient (Wildman–Crippen LogP) is 4.20. The SMILES string of the molecule is CCOc1ccc(N(C(C)C(=O)Nc2ccc(OC3CCCC3)cc2)S(C)(=O)=O)cc1. The van der Waals surface area contributed by atoms with Crippen molar-refractivity contribution in [2.45, 2.75) is 51.7 Å². The number of nitrogens with zero attached hydrogens (tertiary/aromatic N) is 1. The lowest BCUT2D eigenvalue weighted by Crippen LogP contribution is -2.45. The summed E-state index contributed by atoms with van der Waals surface area (Å²) >= 11 is 0. The normalized spacial score (nSPS) is 15.3. The van der Waals surface area contributed by atoms with Crippen LogP contribution in [0.25, 0.3) is 0 Å². The van der Waals surface area contributed by atoms with Crippen molar-refractivity contribution >= 4 is 27.3 Å². The number of amides is 1. The van der Waals surface area contributed by atoms with Gasteiger partial charge in [0.15, 0.2) is 0 Å². The van der Waals surface area contributed by atoms with E-state index in [-0.39, 0.29) is 6.10 Å². The highest BCUT2D eigenvalue weighted by molar-refractivity contribution is 7.92. The van der Waals surface area contributed by atoms with Crippen LogP contribution in [0.4, 0.5) is 11.4 Å². The van der Waals surface area contributed by atoms with E-state index in [0.717, 1.165) is 29.2 Å². The summed E-state index contributed by atoms with van der Waals surface area (Å²) in [5.41, 5.74) is 0.977. The number of carbonyl (C=O) groups is 1. The van der Waals surface area contributed by atoms with E-state index in [1.54, 1.807) is 43.3 Å². The first kappa shape index (κ1) is 22.9. The smallest absolute Gasteiger partial charge is 0.247 e. The monoisotopic (exact) mass is 446 g/mol. The average Bonchev–Trinajstić information content (AvgIpc) is 3.23. The van der Waals surface area contributed by atoms with Crippen LogP contribution in [0.5, 0.6) is 11.5 Å². The quantitative estimate of drug-likeness (QED) is 0.624. The van der Waals surface area contributed by atoms with Crippen molar-refractivity contribution in [1.29, 1.82) is 0 Å². The summed E-state index contributed by atoms with van der Waals surface area (Å²) in [7, 11) is -3.69.